The zero-order valence-electron chi connectivity index (χ0n) is 12.3. The van der Waals surface area contributed by atoms with Crippen molar-refractivity contribution in [3.05, 3.63) is 41.0 Å². The number of thiophene rings is 1. The second kappa shape index (κ2) is 6.46. The number of sulfonamides is 2. The van der Waals surface area contributed by atoms with Crippen molar-refractivity contribution in [3.8, 4) is 0 Å². The fraction of sp³-hybridized carbons (Fsp3) is 0.231. The van der Waals surface area contributed by atoms with E-state index in [-0.39, 0.29) is 15.6 Å². The Morgan fingerprint density at radius 2 is 1.74 bits per heavy atom. The molecule has 0 amide bonds. The highest BCUT2D eigenvalue weighted by molar-refractivity contribution is 7.94. The van der Waals surface area contributed by atoms with Crippen molar-refractivity contribution in [2.45, 2.75) is 17.6 Å². The summed E-state index contributed by atoms with van der Waals surface area (Å²) in [6.07, 6.45) is 1.61. The van der Waals surface area contributed by atoms with Crippen LogP contribution in [0.25, 0.3) is 0 Å². The first-order valence-electron chi connectivity index (χ1n) is 6.49. The van der Waals surface area contributed by atoms with Gasteiger partial charge in [-0.2, -0.15) is 0 Å². The lowest BCUT2D eigenvalue weighted by Gasteiger charge is -2.12. The number of rotatable bonds is 6. The number of benzene rings is 1. The molecule has 2 N–H and O–H groups in total. The van der Waals surface area contributed by atoms with Gasteiger partial charge in [-0.3, -0.25) is 9.44 Å². The average Bonchev–Trinajstić information content (AvgIpc) is 2.90. The van der Waals surface area contributed by atoms with E-state index in [1.165, 1.54) is 6.07 Å². The van der Waals surface area contributed by atoms with E-state index in [1.54, 1.807) is 6.07 Å². The molecule has 1 heterocycles. The number of aryl methyl sites for hydroxylation is 1. The van der Waals surface area contributed by atoms with E-state index >= 15 is 0 Å². The van der Waals surface area contributed by atoms with E-state index in [2.05, 4.69) is 9.44 Å². The smallest absolute Gasteiger partial charge is 0.271 e. The Bertz CT molecular complexity index is 920. The van der Waals surface area contributed by atoms with Crippen LogP contribution in [0.4, 0.5) is 15.8 Å². The summed E-state index contributed by atoms with van der Waals surface area (Å²) < 4.78 is 65.2. The van der Waals surface area contributed by atoms with Crippen molar-refractivity contribution in [1.29, 1.82) is 0 Å². The first-order valence-corrected chi connectivity index (χ1v) is 10.7. The van der Waals surface area contributed by atoms with E-state index < -0.39 is 25.9 Å². The Hall–Kier alpha value is -1.65. The molecule has 0 aliphatic rings. The minimum absolute atomic E-state index is 0.0512. The predicted octanol–water partition coefficient (Wildman–Crippen LogP) is 2.62. The molecular weight excluding hydrogens is 363 g/mol. The zero-order chi connectivity index (χ0) is 17.3. The third-order valence-electron chi connectivity index (χ3n) is 2.77. The fourth-order valence-corrected chi connectivity index (χ4v) is 4.72. The molecule has 10 heteroatoms. The van der Waals surface area contributed by atoms with Gasteiger partial charge in [0.1, 0.15) is 10.0 Å². The predicted molar refractivity (Wildman–Crippen MR) is 89.4 cm³/mol. The molecule has 0 aliphatic heterocycles. The van der Waals surface area contributed by atoms with E-state index in [0.717, 1.165) is 40.7 Å². The topological polar surface area (TPSA) is 92.3 Å². The average molecular weight is 378 g/mol. The molecule has 126 valence electrons. The largest absolute Gasteiger partial charge is 0.282 e. The monoisotopic (exact) mass is 378 g/mol. The summed E-state index contributed by atoms with van der Waals surface area (Å²) in [6.45, 7) is 1.90. The highest BCUT2D eigenvalue weighted by Gasteiger charge is 2.19. The molecule has 0 saturated heterocycles. The number of hydrogen-bond acceptors (Lipinski definition) is 5. The van der Waals surface area contributed by atoms with Crippen molar-refractivity contribution in [2.75, 3.05) is 15.7 Å². The number of hydrogen-bond donors (Lipinski definition) is 2. The lowest BCUT2D eigenvalue weighted by molar-refractivity contribution is 0.601. The van der Waals surface area contributed by atoms with Crippen molar-refractivity contribution < 1.29 is 21.2 Å². The highest BCUT2D eigenvalue weighted by Crippen LogP contribution is 2.29. The summed E-state index contributed by atoms with van der Waals surface area (Å²) in [5.74, 6) is -0.692. The van der Waals surface area contributed by atoms with Gasteiger partial charge in [-0.05, 0) is 30.7 Å². The third-order valence-corrected chi connectivity index (χ3v) is 6.45. The van der Waals surface area contributed by atoms with Gasteiger partial charge in [0, 0.05) is 10.9 Å². The molecule has 1 aromatic carbocycles. The normalized spacial score (nSPS) is 12.1. The van der Waals surface area contributed by atoms with Gasteiger partial charge in [-0.25, -0.2) is 21.2 Å². The maximum absolute atomic E-state index is 13.4. The Morgan fingerprint density at radius 3 is 2.30 bits per heavy atom. The summed E-state index contributed by atoms with van der Waals surface area (Å²) in [6, 6.07) is 6.25. The minimum atomic E-state index is -3.93. The van der Waals surface area contributed by atoms with E-state index in [0.29, 0.717) is 6.42 Å². The standard InChI is InChI=1S/C13H15FN2O4S3/c1-3-10-5-7-13(21-10)23(19,20)16-12-8-9(14)4-6-11(12)15-22(2,17)18/h4-8,15-16H,3H2,1-2H3. The maximum Gasteiger partial charge on any atom is 0.271 e. The summed E-state index contributed by atoms with van der Waals surface area (Å²) >= 11 is 1.10. The quantitative estimate of drug-likeness (QED) is 0.808. The molecule has 0 aliphatic carbocycles. The van der Waals surface area contributed by atoms with Crippen LogP contribution in [0.3, 0.4) is 0 Å². The molecule has 0 radical (unpaired) electrons. The molecule has 0 saturated carbocycles. The molecule has 0 atom stereocenters. The number of anilines is 2. The van der Waals surface area contributed by atoms with Crippen molar-refractivity contribution >= 4 is 42.8 Å². The molecule has 2 aromatic rings. The first-order chi connectivity index (χ1) is 10.6. The lowest BCUT2D eigenvalue weighted by Crippen LogP contribution is -2.16. The fourth-order valence-electron chi connectivity index (χ4n) is 1.78. The Kier molecular flexibility index (Phi) is 4.97. The third kappa shape index (κ3) is 4.66. The summed E-state index contributed by atoms with van der Waals surface area (Å²) in [5, 5.41) is 0. The Labute approximate surface area is 138 Å². The van der Waals surface area contributed by atoms with Crippen LogP contribution in [0.5, 0.6) is 0 Å². The lowest BCUT2D eigenvalue weighted by atomic mass is 10.3. The molecule has 0 unspecified atom stereocenters. The van der Waals surface area contributed by atoms with Gasteiger partial charge in [0.25, 0.3) is 10.0 Å². The molecule has 1 aromatic heterocycles. The molecular formula is C13H15FN2O4S3. The van der Waals surface area contributed by atoms with Gasteiger partial charge in [0.2, 0.25) is 10.0 Å². The SMILES string of the molecule is CCc1ccc(S(=O)(=O)Nc2cc(F)ccc2NS(C)(=O)=O)s1. The van der Waals surface area contributed by atoms with Crippen LogP contribution >= 0.6 is 11.3 Å². The second-order valence-corrected chi connectivity index (χ2v) is 9.57. The van der Waals surface area contributed by atoms with Gasteiger partial charge in [-0.15, -0.1) is 11.3 Å². The molecule has 0 fully saturated rings. The minimum Gasteiger partial charge on any atom is -0.282 e. The van der Waals surface area contributed by atoms with Crippen LogP contribution in [-0.4, -0.2) is 23.1 Å². The summed E-state index contributed by atoms with van der Waals surface area (Å²) in [5.41, 5.74) is -0.230. The Balaban J connectivity index is 2.40. The maximum atomic E-state index is 13.4. The number of nitrogens with one attached hydrogen (secondary N) is 2. The van der Waals surface area contributed by atoms with Crippen molar-refractivity contribution in [2.24, 2.45) is 0 Å². The van der Waals surface area contributed by atoms with E-state index in [1.807, 2.05) is 6.92 Å². The van der Waals surface area contributed by atoms with Crippen LogP contribution < -0.4 is 9.44 Å². The Morgan fingerprint density at radius 1 is 1.04 bits per heavy atom. The van der Waals surface area contributed by atoms with Crippen molar-refractivity contribution in [3.63, 3.8) is 0 Å². The molecule has 0 spiro atoms. The van der Waals surface area contributed by atoms with Crippen molar-refractivity contribution in [1.82, 2.24) is 0 Å². The molecule has 0 bridgehead atoms. The van der Waals surface area contributed by atoms with Crippen LogP contribution in [0, 0.1) is 5.82 Å². The zero-order valence-corrected chi connectivity index (χ0v) is 14.8. The van der Waals surface area contributed by atoms with Crippen LogP contribution in [0.15, 0.2) is 34.5 Å². The van der Waals surface area contributed by atoms with Gasteiger partial charge in [-0.1, -0.05) is 6.92 Å². The molecule has 23 heavy (non-hydrogen) atoms. The molecule has 6 nitrogen and oxygen atoms in total. The van der Waals surface area contributed by atoms with Gasteiger partial charge in [0.15, 0.2) is 0 Å². The number of halogens is 1. The van der Waals surface area contributed by atoms with Gasteiger partial charge < -0.3 is 0 Å². The van der Waals surface area contributed by atoms with Crippen LogP contribution in [-0.2, 0) is 26.5 Å². The second-order valence-electron chi connectivity index (χ2n) is 4.74. The highest BCUT2D eigenvalue weighted by atomic mass is 32.2. The summed E-state index contributed by atoms with van der Waals surface area (Å²) in [4.78, 5) is 0.888. The van der Waals surface area contributed by atoms with E-state index in [4.69, 9.17) is 0 Å². The summed E-state index contributed by atoms with van der Waals surface area (Å²) in [7, 11) is -7.57. The molecule has 2 rings (SSSR count). The van der Waals surface area contributed by atoms with Crippen LogP contribution in [0.1, 0.15) is 11.8 Å². The van der Waals surface area contributed by atoms with Gasteiger partial charge in [0.05, 0.1) is 17.6 Å². The van der Waals surface area contributed by atoms with E-state index in [9.17, 15) is 21.2 Å². The van der Waals surface area contributed by atoms with Gasteiger partial charge >= 0.3 is 0 Å². The van der Waals surface area contributed by atoms with Crippen LogP contribution in [0.2, 0.25) is 0 Å². The first kappa shape index (κ1) is 17.7.